The first-order valence-corrected chi connectivity index (χ1v) is 13.5. The van der Waals surface area contributed by atoms with Crippen LogP contribution >= 0.6 is 23.2 Å². The number of methoxy groups -OCH3 is 1. The predicted molar refractivity (Wildman–Crippen MR) is 161 cm³/mol. The van der Waals surface area contributed by atoms with Gasteiger partial charge in [0.2, 0.25) is 5.88 Å². The van der Waals surface area contributed by atoms with Gasteiger partial charge in [-0.25, -0.2) is 9.97 Å². The summed E-state index contributed by atoms with van der Waals surface area (Å²) >= 11 is 13.3. The van der Waals surface area contributed by atoms with E-state index in [9.17, 15) is 0 Å². The molecule has 6 rings (SSSR count). The summed E-state index contributed by atoms with van der Waals surface area (Å²) in [5.41, 5.74) is 12.5. The van der Waals surface area contributed by atoms with E-state index < -0.39 is 5.54 Å². The van der Waals surface area contributed by atoms with Crippen molar-refractivity contribution in [1.82, 2.24) is 19.1 Å². The van der Waals surface area contributed by atoms with Crippen LogP contribution in [0.3, 0.4) is 0 Å². The fourth-order valence-electron chi connectivity index (χ4n) is 5.22. The number of halogens is 2. The third-order valence-electron chi connectivity index (χ3n) is 7.37. The number of pyridine rings is 1. The van der Waals surface area contributed by atoms with E-state index in [0.717, 1.165) is 44.5 Å². The molecule has 0 amide bonds. The molecular formula is C32H27Cl2N5O. The lowest BCUT2D eigenvalue weighted by atomic mass is 9.80. The Labute approximate surface area is 242 Å². The number of aromatic nitrogens is 4. The molecular weight excluding hydrogens is 541 g/mol. The highest BCUT2D eigenvalue weighted by Gasteiger charge is 2.35. The first-order chi connectivity index (χ1) is 19.4. The zero-order valence-corrected chi connectivity index (χ0v) is 23.6. The van der Waals surface area contributed by atoms with Crippen LogP contribution in [0.1, 0.15) is 27.9 Å². The van der Waals surface area contributed by atoms with E-state index in [0.29, 0.717) is 22.3 Å². The molecule has 0 bridgehead atoms. The van der Waals surface area contributed by atoms with E-state index in [1.54, 1.807) is 19.6 Å². The van der Waals surface area contributed by atoms with Gasteiger partial charge in [-0.05, 0) is 65.2 Å². The summed E-state index contributed by atoms with van der Waals surface area (Å²) in [4.78, 5) is 9.15. The Morgan fingerprint density at radius 1 is 0.925 bits per heavy atom. The van der Waals surface area contributed by atoms with Crippen LogP contribution in [0.5, 0.6) is 5.88 Å². The minimum atomic E-state index is -1.01. The molecule has 6 nitrogen and oxygen atoms in total. The second-order valence-electron chi connectivity index (χ2n) is 9.78. The molecule has 0 radical (unpaired) electrons. The van der Waals surface area contributed by atoms with Crippen LogP contribution in [0.4, 0.5) is 0 Å². The zero-order valence-electron chi connectivity index (χ0n) is 22.1. The Morgan fingerprint density at radius 3 is 2.27 bits per heavy atom. The van der Waals surface area contributed by atoms with E-state index >= 15 is 0 Å². The number of ether oxygens (including phenoxy) is 1. The monoisotopic (exact) mass is 567 g/mol. The Balaban J connectivity index is 1.46. The first-order valence-electron chi connectivity index (χ1n) is 12.8. The van der Waals surface area contributed by atoms with Crippen molar-refractivity contribution in [2.24, 2.45) is 12.8 Å². The molecule has 0 fully saturated rings. The standard InChI is InChI=1S/C32H27Cl2N5O/c1-38-20-36-19-29(38)32(35,22-7-10-24(33)11-8-22)23-9-14-28-26(18-23)30(34)27(31(37-28)40-2)17-21-5-12-25(13-6-21)39-15-3-4-16-39/h3-16,18-20H,17,35H2,1-2H3. The summed E-state index contributed by atoms with van der Waals surface area (Å²) in [6.07, 6.45) is 8.13. The van der Waals surface area contributed by atoms with Crippen LogP contribution in [-0.4, -0.2) is 26.2 Å². The number of fused-ring (bicyclic) bond motifs is 1. The van der Waals surface area contributed by atoms with Crippen molar-refractivity contribution in [3.05, 3.63) is 142 Å². The van der Waals surface area contributed by atoms with Gasteiger partial charge in [-0.3, -0.25) is 0 Å². The lowest BCUT2D eigenvalue weighted by Gasteiger charge is -2.31. The Bertz CT molecular complexity index is 1790. The second-order valence-corrected chi connectivity index (χ2v) is 10.6. The summed E-state index contributed by atoms with van der Waals surface area (Å²) in [6.45, 7) is 0. The van der Waals surface area contributed by atoms with Crippen molar-refractivity contribution in [2.45, 2.75) is 12.0 Å². The number of imidazole rings is 1. The summed E-state index contributed by atoms with van der Waals surface area (Å²) in [5, 5.41) is 2.02. The average molecular weight is 569 g/mol. The van der Waals surface area contributed by atoms with E-state index in [-0.39, 0.29) is 0 Å². The molecule has 0 spiro atoms. The molecule has 200 valence electrons. The highest BCUT2D eigenvalue weighted by atomic mass is 35.5. The molecule has 40 heavy (non-hydrogen) atoms. The SMILES string of the molecule is COc1nc2ccc(C(N)(c3ccc(Cl)cc3)c3cncn3C)cc2c(Cl)c1Cc1ccc(-n2cccc2)cc1. The van der Waals surface area contributed by atoms with E-state index in [1.807, 2.05) is 78.6 Å². The number of nitrogens with zero attached hydrogens (tertiary/aromatic N) is 4. The number of nitrogens with two attached hydrogens (primary N) is 1. The van der Waals surface area contributed by atoms with E-state index in [2.05, 4.69) is 33.8 Å². The molecule has 0 aliphatic rings. The Hall–Kier alpha value is -4.10. The number of hydrogen-bond acceptors (Lipinski definition) is 4. The van der Waals surface area contributed by atoms with Gasteiger partial charge in [-0.15, -0.1) is 0 Å². The van der Waals surface area contributed by atoms with Crippen molar-refractivity contribution >= 4 is 34.1 Å². The van der Waals surface area contributed by atoms with Gasteiger partial charge in [-0.2, -0.15) is 0 Å². The molecule has 1 atom stereocenters. The van der Waals surface area contributed by atoms with Gasteiger partial charge in [0.25, 0.3) is 0 Å². The van der Waals surface area contributed by atoms with Crippen molar-refractivity contribution in [3.8, 4) is 11.6 Å². The van der Waals surface area contributed by atoms with Crippen LogP contribution in [0.15, 0.2) is 104 Å². The molecule has 0 aliphatic heterocycles. The summed E-state index contributed by atoms with van der Waals surface area (Å²) in [7, 11) is 3.55. The van der Waals surface area contributed by atoms with E-state index in [4.69, 9.17) is 38.7 Å². The maximum absolute atomic E-state index is 7.28. The lowest BCUT2D eigenvalue weighted by Crippen LogP contribution is -2.40. The average Bonchev–Trinajstić information content (AvgIpc) is 3.67. The normalized spacial score (nSPS) is 12.9. The van der Waals surface area contributed by atoms with Crippen LogP contribution in [-0.2, 0) is 19.0 Å². The van der Waals surface area contributed by atoms with Gasteiger partial charge in [0.05, 0.1) is 35.9 Å². The van der Waals surface area contributed by atoms with Crippen LogP contribution in [0, 0.1) is 0 Å². The highest BCUT2D eigenvalue weighted by Crippen LogP contribution is 2.39. The molecule has 0 aliphatic carbocycles. The number of aryl methyl sites for hydroxylation is 1. The number of rotatable bonds is 7. The molecule has 3 heterocycles. The lowest BCUT2D eigenvalue weighted by molar-refractivity contribution is 0.395. The summed E-state index contributed by atoms with van der Waals surface area (Å²) in [6, 6.07) is 25.9. The summed E-state index contributed by atoms with van der Waals surface area (Å²) < 4.78 is 9.69. The van der Waals surface area contributed by atoms with Gasteiger partial charge < -0.3 is 19.6 Å². The smallest absolute Gasteiger partial charge is 0.218 e. The zero-order chi connectivity index (χ0) is 27.9. The summed E-state index contributed by atoms with van der Waals surface area (Å²) in [5.74, 6) is 0.503. The molecule has 2 N–H and O–H groups in total. The molecule has 0 saturated heterocycles. The van der Waals surface area contributed by atoms with Crippen LogP contribution in [0.2, 0.25) is 10.0 Å². The molecule has 8 heteroatoms. The Kier molecular flexibility index (Phi) is 6.84. The molecule has 3 aromatic carbocycles. The van der Waals surface area contributed by atoms with Crippen molar-refractivity contribution < 1.29 is 4.74 Å². The molecule has 6 aromatic rings. The quantitative estimate of drug-likeness (QED) is 0.227. The Morgan fingerprint density at radius 2 is 1.62 bits per heavy atom. The van der Waals surface area contributed by atoms with Crippen LogP contribution < -0.4 is 10.5 Å². The third-order valence-corrected chi connectivity index (χ3v) is 8.05. The fourth-order valence-corrected chi connectivity index (χ4v) is 5.64. The molecule has 0 saturated carbocycles. The van der Waals surface area contributed by atoms with Crippen molar-refractivity contribution in [2.75, 3.05) is 7.11 Å². The molecule has 3 aromatic heterocycles. The maximum Gasteiger partial charge on any atom is 0.218 e. The predicted octanol–water partition coefficient (Wildman–Crippen LogP) is 6.92. The fraction of sp³-hybridized carbons (Fsp3) is 0.125. The van der Waals surface area contributed by atoms with Gasteiger partial charge in [0.15, 0.2) is 0 Å². The first kappa shape index (κ1) is 26.1. The number of hydrogen-bond donors (Lipinski definition) is 1. The second kappa shape index (κ2) is 10.5. The van der Waals surface area contributed by atoms with Crippen molar-refractivity contribution in [3.63, 3.8) is 0 Å². The largest absolute Gasteiger partial charge is 0.481 e. The third kappa shape index (κ3) is 4.54. The topological polar surface area (TPSA) is 70.9 Å². The van der Waals surface area contributed by atoms with Crippen LogP contribution in [0.25, 0.3) is 16.6 Å². The highest BCUT2D eigenvalue weighted by molar-refractivity contribution is 6.36. The minimum absolute atomic E-state index is 0.503. The van der Waals surface area contributed by atoms with Gasteiger partial charge in [0, 0.05) is 47.5 Å². The maximum atomic E-state index is 7.28. The van der Waals surface area contributed by atoms with Crippen molar-refractivity contribution in [1.29, 1.82) is 0 Å². The number of benzene rings is 3. The van der Waals surface area contributed by atoms with Gasteiger partial charge >= 0.3 is 0 Å². The van der Waals surface area contributed by atoms with Gasteiger partial charge in [0.1, 0.15) is 5.54 Å². The van der Waals surface area contributed by atoms with Gasteiger partial charge in [-0.1, -0.05) is 53.5 Å². The minimum Gasteiger partial charge on any atom is -0.481 e. The molecule has 1 unspecified atom stereocenters. The van der Waals surface area contributed by atoms with E-state index in [1.165, 1.54) is 0 Å².